The van der Waals surface area contributed by atoms with Crippen molar-refractivity contribution in [3.05, 3.63) is 60.1 Å². The molecule has 1 heterocycles. The minimum absolute atomic E-state index is 0.415. The SMILES string of the molecule is CCN(CC)C(CNCc1ccoc1)c1ccccc1. The fraction of sp³-hybridized carbons (Fsp3) is 0.412. The molecule has 0 bridgehead atoms. The molecule has 0 aliphatic heterocycles. The zero-order valence-electron chi connectivity index (χ0n) is 12.4. The molecule has 1 N–H and O–H groups in total. The van der Waals surface area contributed by atoms with E-state index in [1.165, 1.54) is 11.1 Å². The number of hydrogen-bond acceptors (Lipinski definition) is 3. The van der Waals surface area contributed by atoms with Gasteiger partial charge >= 0.3 is 0 Å². The summed E-state index contributed by atoms with van der Waals surface area (Å²) in [5.74, 6) is 0. The Labute approximate surface area is 121 Å². The second-order valence-electron chi connectivity index (χ2n) is 4.91. The van der Waals surface area contributed by atoms with Crippen LogP contribution in [0.1, 0.15) is 31.0 Å². The van der Waals surface area contributed by atoms with E-state index < -0.39 is 0 Å². The minimum atomic E-state index is 0.415. The van der Waals surface area contributed by atoms with Gasteiger partial charge in [0.2, 0.25) is 0 Å². The summed E-state index contributed by atoms with van der Waals surface area (Å²) in [7, 11) is 0. The lowest BCUT2D eigenvalue weighted by Gasteiger charge is -2.30. The highest BCUT2D eigenvalue weighted by Gasteiger charge is 2.17. The summed E-state index contributed by atoms with van der Waals surface area (Å²) in [4.78, 5) is 2.48. The van der Waals surface area contributed by atoms with Crippen LogP contribution in [0.25, 0.3) is 0 Å². The molecule has 20 heavy (non-hydrogen) atoms. The third kappa shape index (κ3) is 3.95. The molecule has 1 unspecified atom stereocenters. The predicted molar refractivity (Wildman–Crippen MR) is 82.5 cm³/mol. The monoisotopic (exact) mass is 272 g/mol. The molecule has 108 valence electrons. The highest BCUT2D eigenvalue weighted by Crippen LogP contribution is 2.19. The first-order valence-electron chi connectivity index (χ1n) is 7.36. The van der Waals surface area contributed by atoms with Crippen molar-refractivity contribution < 1.29 is 4.42 Å². The van der Waals surface area contributed by atoms with Gasteiger partial charge in [-0.1, -0.05) is 44.2 Å². The third-order valence-electron chi connectivity index (χ3n) is 3.68. The predicted octanol–water partition coefficient (Wildman–Crippen LogP) is 3.45. The van der Waals surface area contributed by atoms with Crippen molar-refractivity contribution in [3.63, 3.8) is 0 Å². The Morgan fingerprint density at radius 1 is 1.10 bits per heavy atom. The maximum atomic E-state index is 5.10. The van der Waals surface area contributed by atoms with Crippen LogP contribution in [-0.4, -0.2) is 24.5 Å². The molecule has 1 aromatic heterocycles. The number of benzene rings is 1. The van der Waals surface area contributed by atoms with Crippen LogP contribution in [-0.2, 0) is 6.54 Å². The molecular formula is C17H24N2O. The number of nitrogens with one attached hydrogen (secondary N) is 1. The molecule has 1 atom stereocenters. The molecule has 0 saturated carbocycles. The van der Waals surface area contributed by atoms with Gasteiger partial charge in [-0.3, -0.25) is 4.90 Å². The number of furan rings is 1. The van der Waals surface area contributed by atoms with E-state index in [1.807, 2.05) is 6.07 Å². The van der Waals surface area contributed by atoms with Gasteiger partial charge in [0, 0.05) is 24.7 Å². The first kappa shape index (κ1) is 14.8. The average Bonchev–Trinajstić information content (AvgIpc) is 3.01. The van der Waals surface area contributed by atoms with Crippen molar-refractivity contribution in [1.82, 2.24) is 10.2 Å². The van der Waals surface area contributed by atoms with Gasteiger partial charge < -0.3 is 9.73 Å². The Balaban J connectivity index is 1.99. The van der Waals surface area contributed by atoms with Crippen LogP contribution in [0.5, 0.6) is 0 Å². The summed E-state index contributed by atoms with van der Waals surface area (Å²) in [6.45, 7) is 8.34. The van der Waals surface area contributed by atoms with E-state index in [-0.39, 0.29) is 0 Å². The fourth-order valence-electron chi connectivity index (χ4n) is 2.54. The summed E-state index contributed by atoms with van der Waals surface area (Å²) in [5, 5.41) is 3.53. The van der Waals surface area contributed by atoms with Gasteiger partial charge in [0.25, 0.3) is 0 Å². The molecular weight excluding hydrogens is 248 g/mol. The molecule has 2 aromatic rings. The first-order chi connectivity index (χ1) is 9.85. The standard InChI is InChI=1S/C17H24N2O/c1-3-19(4-2)17(16-8-6-5-7-9-16)13-18-12-15-10-11-20-14-15/h5-11,14,17-18H,3-4,12-13H2,1-2H3. The van der Waals surface area contributed by atoms with Gasteiger partial charge in [0.15, 0.2) is 0 Å². The Hall–Kier alpha value is -1.58. The molecule has 0 aliphatic carbocycles. The van der Waals surface area contributed by atoms with Crippen LogP contribution in [0.3, 0.4) is 0 Å². The highest BCUT2D eigenvalue weighted by molar-refractivity contribution is 5.19. The number of nitrogens with zero attached hydrogens (tertiary/aromatic N) is 1. The molecule has 3 heteroatoms. The van der Waals surface area contributed by atoms with Crippen molar-refractivity contribution in [1.29, 1.82) is 0 Å². The van der Waals surface area contributed by atoms with Crippen LogP contribution in [0.15, 0.2) is 53.3 Å². The lowest BCUT2D eigenvalue weighted by atomic mass is 10.1. The molecule has 0 aliphatic rings. The van der Waals surface area contributed by atoms with E-state index >= 15 is 0 Å². The molecule has 0 saturated heterocycles. The molecule has 0 amide bonds. The van der Waals surface area contributed by atoms with Crippen LogP contribution in [0.4, 0.5) is 0 Å². The number of likely N-dealkylation sites (N-methyl/N-ethyl adjacent to an activating group) is 1. The summed E-state index contributed by atoms with van der Waals surface area (Å²) in [6, 6.07) is 13.1. The average molecular weight is 272 g/mol. The second-order valence-corrected chi connectivity index (χ2v) is 4.91. The molecule has 0 radical (unpaired) electrons. The van der Waals surface area contributed by atoms with Crippen LogP contribution in [0.2, 0.25) is 0 Å². The van der Waals surface area contributed by atoms with Gasteiger partial charge in [-0.2, -0.15) is 0 Å². The summed E-state index contributed by atoms with van der Waals surface area (Å²) < 4.78 is 5.10. The van der Waals surface area contributed by atoms with Gasteiger partial charge in [-0.05, 0) is 24.7 Å². The summed E-state index contributed by atoms with van der Waals surface area (Å²) in [5.41, 5.74) is 2.56. The fourth-order valence-corrected chi connectivity index (χ4v) is 2.54. The van der Waals surface area contributed by atoms with Crippen molar-refractivity contribution in [2.24, 2.45) is 0 Å². The maximum absolute atomic E-state index is 5.10. The lowest BCUT2D eigenvalue weighted by molar-refractivity contribution is 0.213. The topological polar surface area (TPSA) is 28.4 Å². The van der Waals surface area contributed by atoms with E-state index in [0.29, 0.717) is 6.04 Å². The van der Waals surface area contributed by atoms with Gasteiger partial charge in [-0.15, -0.1) is 0 Å². The third-order valence-corrected chi connectivity index (χ3v) is 3.68. The summed E-state index contributed by atoms with van der Waals surface area (Å²) >= 11 is 0. The van der Waals surface area contributed by atoms with Crippen LogP contribution >= 0.6 is 0 Å². The van der Waals surface area contributed by atoms with E-state index in [4.69, 9.17) is 4.42 Å². The zero-order chi connectivity index (χ0) is 14.2. The van der Waals surface area contributed by atoms with Crippen molar-refractivity contribution in [2.75, 3.05) is 19.6 Å². The normalized spacial score (nSPS) is 12.8. The Kier molecular flexibility index (Phi) is 5.84. The van der Waals surface area contributed by atoms with Gasteiger partial charge in [0.1, 0.15) is 0 Å². The molecule has 3 nitrogen and oxygen atoms in total. The first-order valence-corrected chi connectivity index (χ1v) is 7.36. The number of rotatable bonds is 8. The second kappa shape index (κ2) is 7.88. The van der Waals surface area contributed by atoms with Gasteiger partial charge in [-0.25, -0.2) is 0 Å². The summed E-state index contributed by atoms with van der Waals surface area (Å²) in [6.07, 6.45) is 3.51. The van der Waals surface area contributed by atoms with E-state index in [2.05, 4.69) is 54.4 Å². The van der Waals surface area contributed by atoms with Crippen LogP contribution < -0.4 is 5.32 Å². The van der Waals surface area contributed by atoms with E-state index in [1.54, 1.807) is 12.5 Å². The minimum Gasteiger partial charge on any atom is -0.472 e. The molecule has 1 aromatic carbocycles. The highest BCUT2D eigenvalue weighted by atomic mass is 16.3. The Bertz CT molecular complexity index is 463. The van der Waals surface area contributed by atoms with Crippen molar-refractivity contribution >= 4 is 0 Å². The lowest BCUT2D eigenvalue weighted by Crippen LogP contribution is -2.35. The quantitative estimate of drug-likeness (QED) is 0.798. The van der Waals surface area contributed by atoms with Crippen LogP contribution in [0, 0.1) is 0 Å². The van der Waals surface area contributed by atoms with E-state index in [0.717, 1.165) is 26.2 Å². The molecule has 2 rings (SSSR count). The Morgan fingerprint density at radius 2 is 1.85 bits per heavy atom. The molecule has 0 fully saturated rings. The van der Waals surface area contributed by atoms with E-state index in [9.17, 15) is 0 Å². The zero-order valence-corrected chi connectivity index (χ0v) is 12.4. The maximum Gasteiger partial charge on any atom is 0.0947 e. The van der Waals surface area contributed by atoms with Crippen molar-refractivity contribution in [3.8, 4) is 0 Å². The Morgan fingerprint density at radius 3 is 2.45 bits per heavy atom. The largest absolute Gasteiger partial charge is 0.472 e. The smallest absolute Gasteiger partial charge is 0.0947 e. The van der Waals surface area contributed by atoms with Gasteiger partial charge in [0.05, 0.1) is 12.5 Å². The molecule has 0 spiro atoms. The number of hydrogen-bond donors (Lipinski definition) is 1. The van der Waals surface area contributed by atoms with Crippen molar-refractivity contribution in [2.45, 2.75) is 26.4 Å².